The Morgan fingerprint density at radius 3 is 1.64 bits per heavy atom. The molecule has 1 heteroatoms. The van der Waals surface area contributed by atoms with Crippen molar-refractivity contribution in [1.29, 1.82) is 0 Å². The van der Waals surface area contributed by atoms with Crippen molar-refractivity contribution in [2.45, 2.75) is 19.3 Å². The maximum Gasteiger partial charge on any atom is 0.0468 e. The van der Waals surface area contributed by atoms with Gasteiger partial charge >= 0.3 is 0 Å². The molecule has 7 aromatic carbocycles. The largest absolute Gasteiger partial charge is 0.310 e. The Morgan fingerprint density at radius 1 is 0.381 bits per heavy atom. The van der Waals surface area contributed by atoms with Crippen LogP contribution in [0, 0.1) is 0 Å². The van der Waals surface area contributed by atoms with Crippen molar-refractivity contribution in [2.75, 3.05) is 4.90 Å². The fraction of sp³-hybridized carbons (Fsp3) is 0.0732. The molecular weight excluding hydrogens is 506 g/mol. The molecule has 0 bridgehead atoms. The van der Waals surface area contributed by atoms with E-state index in [9.17, 15) is 0 Å². The minimum absolute atomic E-state index is 0.100. The van der Waals surface area contributed by atoms with E-state index in [1.165, 1.54) is 60.6 Å². The maximum absolute atomic E-state index is 2.42. The summed E-state index contributed by atoms with van der Waals surface area (Å²) in [7, 11) is 0. The van der Waals surface area contributed by atoms with Crippen LogP contribution < -0.4 is 4.90 Å². The van der Waals surface area contributed by atoms with E-state index in [-0.39, 0.29) is 5.41 Å². The Morgan fingerprint density at radius 2 is 0.905 bits per heavy atom. The number of rotatable bonds is 4. The second kappa shape index (κ2) is 9.46. The van der Waals surface area contributed by atoms with E-state index < -0.39 is 0 Å². The molecule has 0 spiro atoms. The van der Waals surface area contributed by atoms with E-state index in [2.05, 4.69) is 170 Å². The van der Waals surface area contributed by atoms with Crippen LogP contribution in [0.15, 0.2) is 152 Å². The Hall–Kier alpha value is -5.14. The second-order valence-corrected chi connectivity index (χ2v) is 11.9. The van der Waals surface area contributed by atoms with Gasteiger partial charge in [-0.2, -0.15) is 0 Å². The second-order valence-electron chi connectivity index (χ2n) is 11.9. The fourth-order valence-corrected chi connectivity index (χ4v) is 6.75. The van der Waals surface area contributed by atoms with E-state index in [0.29, 0.717) is 0 Å². The number of hydrogen-bond acceptors (Lipinski definition) is 1. The summed E-state index contributed by atoms with van der Waals surface area (Å²) in [4.78, 5) is 2.40. The van der Waals surface area contributed by atoms with Crippen LogP contribution in [0.4, 0.5) is 17.1 Å². The molecule has 0 atom stereocenters. The Labute approximate surface area is 247 Å². The van der Waals surface area contributed by atoms with Crippen molar-refractivity contribution in [3.63, 3.8) is 0 Å². The summed E-state index contributed by atoms with van der Waals surface area (Å²) in [5.41, 5.74) is 11.3. The molecule has 0 fully saturated rings. The zero-order chi connectivity index (χ0) is 28.3. The molecule has 200 valence electrons. The molecule has 7 aromatic rings. The first-order valence-corrected chi connectivity index (χ1v) is 14.7. The summed E-state index contributed by atoms with van der Waals surface area (Å²) < 4.78 is 0. The van der Waals surface area contributed by atoms with Crippen LogP contribution in [-0.2, 0) is 5.41 Å². The van der Waals surface area contributed by atoms with Gasteiger partial charge in [0, 0.05) is 22.5 Å². The molecule has 1 nitrogen and oxygen atoms in total. The lowest BCUT2D eigenvalue weighted by Gasteiger charge is -2.28. The zero-order valence-corrected chi connectivity index (χ0v) is 23.9. The lowest BCUT2D eigenvalue weighted by Crippen LogP contribution is -2.16. The van der Waals surface area contributed by atoms with Gasteiger partial charge < -0.3 is 4.90 Å². The highest BCUT2D eigenvalue weighted by Crippen LogP contribution is 2.51. The first kappa shape index (κ1) is 24.6. The summed E-state index contributed by atoms with van der Waals surface area (Å²) in [5.74, 6) is 0. The molecule has 0 saturated carbocycles. The van der Waals surface area contributed by atoms with Crippen LogP contribution in [0.5, 0.6) is 0 Å². The van der Waals surface area contributed by atoms with Crippen LogP contribution in [-0.4, -0.2) is 0 Å². The van der Waals surface area contributed by atoms with Gasteiger partial charge in [0.25, 0.3) is 0 Å². The third-order valence-electron chi connectivity index (χ3n) is 9.01. The summed E-state index contributed by atoms with van der Waals surface area (Å²) in [6, 6.07) is 55.4. The molecule has 1 aliphatic rings. The fourth-order valence-electron chi connectivity index (χ4n) is 6.75. The van der Waals surface area contributed by atoms with Crippen molar-refractivity contribution >= 4 is 38.6 Å². The highest BCUT2D eigenvalue weighted by Gasteiger charge is 2.36. The van der Waals surface area contributed by atoms with Crippen molar-refractivity contribution in [3.8, 4) is 22.3 Å². The van der Waals surface area contributed by atoms with Crippen molar-refractivity contribution in [1.82, 2.24) is 0 Å². The Bertz CT molecular complexity index is 2100. The van der Waals surface area contributed by atoms with Gasteiger partial charge in [-0.25, -0.2) is 0 Å². The minimum atomic E-state index is -0.100. The predicted octanol–water partition coefficient (Wildman–Crippen LogP) is 11.4. The van der Waals surface area contributed by atoms with Gasteiger partial charge in [0.05, 0.1) is 0 Å². The van der Waals surface area contributed by atoms with Gasteiger partial charge in [-0.1, -0.05) is 117 Å². The van der Waals surface area contributed by atoms with Gasteiger partial charge in [0.15, 0.2) is 0 Å². The Balaban J connectivity index is 1.29. The lowest BCUT2D eigenvalue weighted by molar-refractivity contribution is 0.661. The molecule has 42 heavy (non-hydrogen) atoms. The number of hydrogen-bond donors (Lipinski definition) is 0. The van der Waals surface area contributed by atoms with Gasteiger partial charge in [0.2, 0.25) is 0 Å². The first-order valence-electron chi connectivity index (χ1n) is 14.7. The molecule has 0 amide bonds. The van der Waals surface area contributed by atoms with E-state index >= 15 is 0 Å². The van der Waals surface area contributed by atoms with E-state index in [1.54, 1.807) is 0 Å². The van der Waals surface area contributed by atoms with Gasteiger partial charge in [-0.15, -0.1) is 0 Å². The number of nitrogens with zero attached hydrogens (tertiary/aromatic N) is 1. The van der Waals surface area contributed by atoms with Crippen molar-refractivity contribution in [2.24, 2.45) is 0 Å². The molecule has 1 aliphatic carbocycles. The monoisotopic (exact) mass is 537 g/mol. The first-order chi connectivity index (χ1) is 20.6. The molecule has 0 heterocycles. The zero-order valence-electron chi connectivity index (χ0n) is 23.9. The molecule has 0 radical (unpaired) electrons. The van der Waals surface area contributed by atoms with Crippen LogP contribution >= 0.6 is 0 Å². The molecule has 0 saturated heterocycles. The van der Waals surface area contributed by atoms with Gasteiger partial charge in [-0.3, -0.25) is 0 Å². The maximum atomic E-state index is 2.42. The Kier molecular flexibility index (Phi) is 5.55. The van der Waals surface area contributed by atoms with Crippen LogP contribution in [0.3, 0.4) is 0 Å². The van der Waals surface area contributed by atoms with Gasteiger partial charge in [0.1, 0.15) is 0 Å². The van der Waals surface area contributed by atoms with E-state index in [1.807, 2.05) is 0 Å². The van der Waals surface area contributed by atoms with Crippen molar-refractivity contribution in [3.05, 3.63) is 163 Å². The molecule has 0 aliphatic heterocycles. The summed E-state index contributed by atoms with van der Waals surface area (Å²) >= 11 is 0. The highest BCUT2D eigenvalue weighted by atomic mass is 15.1. The highest BCUT2D eigenvalue weighted by molar-refractivity contribution is 5.95. The average Bonchev–Trinajstić information content (AvgIpc) is 3.26. The van der Waals surface area contributed by atoms with Crippen LogP contribution in [0.2, 0.25) is 0 Å². The molecule has 0 aromatic heterocycles. The van der Waals surface area contributed by atoms with Crippen LogP contribution in [0.25, 0.3) is 43.8 Å². The predicted molar refractivity (Wildman–Crippen MR) is 179 cm³/mol. The molecule has 0 unspecified atom stereocenters. The average molecular weight is 538 g/mol. The summed E-state index contributed by atoms with van der Waals surface area (Å²) in [6.07, 6.45) is 0. The molecular formula is C41H31N. The SMILES string of the molecule is CC1(C)c2cc(N(c3ccc(-c4ccccc4)cc3)c3ccc4ccccc4c3)ccc2-c2cc3ccccc3cc21. The standard InChI is InChI=1S/C41H31N/c1-41(2)39-26-33-15-9-8-14-32(33)25-38(39)37-23-22-36(27-40(37)41)42(35-21-18-29-12-6-7-13-31(29)24-35)34-19-16-30(17-20-34)28-10-4-3-5-11-28/h3-27H,1-2H3. The quantitative estimate of drug-likeness (QED) is 0.216. The lowest BCUT2D eigenvalue weighted by atomic mass is 9.81. The minimum Gasteiger partial charge on any atom is -0.310 e. The third-order valence-corrected chi connectivity index (χ3v) is 9.01. The number of anilines is 3. The van der Waals surface area contributed by atoms with Gasteiger partial charge in [-0.05, 0) is 103 Å². The number of fused-ring (bicyclic) bond motifs is 5. The third kappa shape index (κ3) is 3.93. The number of benzene rings is 7. The topological polar surface area (TPSA) is 3.24 Å². The van der Waals surface area contributed by atoms with E-state index in [4.69, 9.17) is 0 Å². The molecule has 8 rings (SSSR count). The summed E-state index contributed by atoms with van der Waals surface area (Å²) in [6.45, 7) is 4.73. The van der Waals surface area contributed by atoms with E-state index in [0.717, 1.165) is 11.4 Å². The smallest absolute Gasteiger partial charge is 0.0468 e. The van der Waals surface area contributed by atoms with Crippen LogP contribution in [0.1, 0.15) is 25.0 Å². The summed E-state index contributed by atoms with van der Waals surface area (Å²) in [5, 5.41) is 5.08. The molecule has 0 N–H and O–H groups in total. The normalized spacial score (nSPS) is 13.2. The van der Waals surface area contributed by atoms with Crippen molar-refractivity contribution < 1.29 is 0 Å².